The summed E-state index contributed by atoms with van der Waals surface area (Å²) in [6, 6.07) is 7.48. The van der Waals surface area contributed by atoms with Crippen LogP contribution in [0.5, 0.6) is 0 Å². The van der Waals surface area contributed by atoms with Crippen LogP contribution in [0.1, 0.15) is 22.8 Å². The Kier molecular flexibility index (Phi) is 6.35. The topological polar surface area (TPSA) is 67.6 Å². The summed E-state index contributed by atoms with van der Waals surface area (Å²) in [5, 5.41) is 0. The van der Waals surface area contributed by atoms with Crippen LogP contribution in [0, 0.1) is 0 Å². The van der Waals surface area contributed by atoms with Crippen LogP contribution in [-0.4, -0.2) is 37.6 Å². The summed E-state index contributed by atoms with van der Waals surface area (Å²) in [7, 11) is 1.68. The summed E-state index contributed by atoms with van der Waals surface area (Å²) in [5.41, 5.74) is 3.77. The van der Waals surface area contributed by atoms with Crippen molar-refractivity contribution in [3.63, 3.8) is 0 Å². The van der Waals surface area contributed by atoms with Gasteiger partial charge in [-0.05, 0) is 18.2 Å². The monoisotopic (exact) mass is 251 g/mol. The Morgan fingerprint density at radius 2 is 2.17 bits per heavy atom. The second-order valence-corrected chi connectivity index (χ2v) is 3.99. The first-order valence-corrected chi connectivity index (χ1v) is 6.03. The molecule has 1 rings (SSSR count). The van der Waals surface area contributed by atoms with Gasteiger partial charge in [0.05, 0.1) is 6.61 Å². The Labute approximate surface area is 108 Å². The molecular formula is C13H21N3O2. The summed E-state index contributed by atoms with van der Waals surface area (Å²) in [6.45, 7) is 5.22. The fourth-order valence-corrected chi connectivity index (χ4v) is 1.77. The number of amides is 1. The van der Waals surface area contributed by atoms with E-state index in [1.54, 1.807) is 13.2 Å². The average Bonchev–Trinajstić information content (AvgIpc) is 2.43. The lowest BCUT2D eigenvalue weighted by Crippen LogP contribution is -2.32. The van der Waals surface area contributed by atoms with Crippen molar-refractivity contribution in [2.24, 2.45) is 5.84 Å². The van der Waals surface area contributed by atoms with Crippen LogP contribution in [0.3, 0.4) is 0 Å². The second kappa shape index (κ2) is 7.81. The lowest BCUT2D eigenvalue weighted by atomic mass is 10.1. The van der Waals surface area contributed by atoms with Gasteiger partial charge in [-0.1, -0.05) is 25.1 Å². The molecule has 0 aliphatic heterocycles. The fourth-order valence-electron chi connectivity index (χ4n) is 1.77. The third kappa shape index (κ3) is 4.10. The number of carbonyl (C=O) groups is 1. The predicted molar refractivity (Wildman–Crippen MR) is 70.9 cm³/mol. The first kappa shape index (κ1) is 14.6. The van der Waals surface area contributed by atoms with Gasteiger partial charge in [0.1, 0.15) is 0 Å². The number of methoxy groups -OCH3 is 1. The normalized spacial score (nSPS) is 10.7. The number of likely N-dealkylation sites (N-methyl/N-ethyl adjacent to an activating group) is 1. The van der Waals surface area contributed by atoms with Gasteiger partial charge in [0.25, 0.3) is 5.91 Å². The number of ether oxygens (including phenoxy) is 1. The Balaban J connectivity index is 2.78. The van der Waals surface area contributed by atoms with Crippen LogP contribution in [0.15, 0.2) is 24.3 Å². The Bertz CT molecular complexity index is 382. The quantitative estimate of drug-likeness (QED) is 0.426. The van der Waals surface area contributed by atoms with E-state index in [0.717, 1.165) is 18.7 Å². The molecule has 0 heterocycles. The van der Waals surface area contributed by atoms with Crippen molar-refractivity contribution < 1.29 is 9.53 Å². The van der Waals surface area contributed by atoms with Gasteiger partial charge in [-0.25, -0.2) is 5.84 Å². The molecule has 1 amide bonds. The van der Waals surface area contributed by atoms with Crippen LogP contribution < -0.4 is 11.3 Å². The summed E-state index contributed by atoms with van der Waals surface area (Å²) >= 11 is 0. The number of hydrogen-bond donors (Lipinski definition) is 2. The molecule has 3 N–H and O–H groups in total. The molecule has 1 aromatic carbocycles. The first-order chi connectivity index (χ1) is 8.72. The maximum Gasteiger partial charge on any atom is 0.265 e. The van der Waals surface area contributed by atoms with Gasteiger partial charge in [-0.15, -0.1) is 0 Å². The van der Waals surface area contributed by atoms with Crippen molar-refractivity contribution in [3.05, 3.63) is 35.4 Å². The molecule has 100 valence electrons. The minimum atomic E-state index is -0.256. The molecule has 0 spiro atoms. The molecule has 1 aromatic rings. The summed E-state index contributed by atoms with van der Waals surface area (Å²) < 4.78 is 5.07. The van der Waals surface area contributed by atoms with Gasteiger partial charge in [0.15, 0.2) is 0 Å². The van der Waals surface area contributed by atoms with Crippen LogP contribution in [0.4, 0.5) is 0 Å². The molecule has 0 unspecified atom stereocenters. The summed E-state index contributed by atoms with van der Waals surface area (Å²) in [4.78, 5) is 13.9. The summed E-state index contributed by atoms with van der Waals surface area (Å²) in [5.74, 6) is 4.93. The van der Waals surface area contributed by atoms with Gasteiger partial charge >= 0.3 is 0 Å². The molecule has 5 nitrogen and oxygen atoms in total. The highest BCUT2D eigenvalue weighted by atomic mass is 16.5. The average molecular weight is 251 g/mol. The van der Waals surface area contributed by atoms with Crippen LogP contribution in [-0.2, 0) is 11.3 Å². The Hall–Kier alpha value is -1.43. The minimum Gasteiger partial charge on any atom is -0.383 e. The highest BCUT2D eigenvalue weighted by Gasteiger charge is 2.11. The van der Waals surface area contributed by atoms with Gasteiger partial charge in [0, 0.05) is 25.8 Å². The third-order valence-corrected chi connectivity index (χ3v) is 2.85. The van der Waals surface area contributed by atoms with E-state index in [1.165, 1.54) is 0 Å². The smallest absolute Gasteiger partial charge is 0.265 e. The number of nitrogens with two attached hydrogens (primary N) is 1. The first-order valence-electron chi connectivity index (χ1n) is 6.03. The molecular weight excluding hydrogens is 230 g/mol. The zero-order valence-corrected chi connectivity index (χ0v) is 11.0. The number of hydrogen-bond acceptors (Lipinski definition) is 4. The molecule has 0 atom stereocenters. The van der Waals surface area contributed by atoms with Crippen molar-refractivity contribution in [1.29, 1.82) is 0 Å². The standard InChI is InChI=1S/C13H21N3O2/c1-3-16(8-9-18-2)10-11-6-4-5-7-12(11)13(17)15-14/h4-7H,3,8-10,14H2,1-2H3,(H,15,17). The SMILES string of the molecule is CCN(CCOC)Cc1ccccc1C(=O)NN. The molecule has 0 fully saturated rings. The van der Waals surface area contributed by atoms with Crippen molar-refractivity contribution in [2.45, 2.75) is 13.5 Å². The van der Waals surface area contributed by atoms with E-state index in [4.69, 9.17) is 10.6 Å². The van der Waals surface area contributed by atoms with E-state index in [9.17, 15) is 4.79 Å². The molecule has 0 saturated carbocycles. The van der Waals surface area contributed by atoms with E-state index >= 15 is 0 Å². The second-order valence-electron chi connectivity index (χ2n) is 3.99. The Morgan fingerprint density at radius 1 is 1.44 bits per heavy atom. The van der Waals surface area contributed by atoms with Gasteiger partial charge < -0.3 is 4.74 Å². The van der Waals surface area contributed by atoms with E-state index in [2.05, 4.69) is 17.2 Å². The molecule has 18 heavy (non-hydrogen) atoms. The summed E-state index contributed by atoms with van der Waals surface area (Å²) in [6.07, 6.45) is 0. The zero-order chi connectivity index (χ0) is 13.4. The molecule has 0 aliphatic rings. The number of carbonyl (C=O) groups excluding carboxylic acids is 1. The van der Waals surface area contributed by atoms with Crippen molar-refractivity contribution in [2.75, 3.05) is 26.8 Å². The predicted octanol–water partition coefficient (Wildman–Crippen LogP) is 0.758. The number of nitrogens with one attached hydrogen (secondary N) is 1. The van der Waals surface area contributed by atoms with E-state index < -0.39 is 0 Å². The number of nitrogen functional groups attached to an aromatic ring is 1. The van der Waals surface area contributed by atoms with Gasteiger partial charge in [0.2, 0.25) is 0 Å². The number of hydrazine groups is 1. The minimum absolute atomic E-state index is 0.256. The maximum atomic E-state index is 11.6. The van der Waals surface area contributed by atoms with E-state index in [0.29, 0.717) is 18.7 Å². The van der Waals surface area contributed by atoms with Gasteiger partial charge in [-0.2, -0.15) is 0 Å². The molecule has 0 radical (unpaired) electrons. The highest BCUT2D eigenvalue weighted by Crippen LogP contribution is 2.11. The molecule has 0 bridgehead atoms. The fraction of sp³-hybridized carbons (Fsp3) is 0.462. The Morgan fingerprint density at radius 3 is 2.78 bits per heavy atom. The lowest BCUT2D eigenvalue weighted by molar-refractivity contribution is 0.0951. The van der Waals surface area contributed by atoms with Crippen molar-refractivity contribution in [1.82, 2.24) is 10.3 Å². The number of nitrogens with zero attached hydrogens (tertiary/aromatic N) is 1. The molecule has 0 saturated heterocycles. The van der Waals surface area contributed by atoms with E-state index in [1.807, 2.05) is 18.2 Å². The highest BCUT2D eigenvalue weighted by molar-refractivity contribution is 5.95. The van der Waals surface area contributed by atoms with Crippen LogP contribution >= 0.6 is 0 Å². The van der Waals surface area contributed by atoms with E-state index in [-0.39, 0.29) is 5.91 Å². The third-order valence-electron chi connectivity index (χ3n) is 2.85. The van der Waals surface area contributed by atoms with Crippen LogP contribution in [0.25, 0.3) is 0 Å². The molecule has 0 aliphatic carbocycles. The largest absolute Gasteiger partial charge is 0.383 e. The number of rotatable bonds is 7. The van der Waals surface area contributed by atoms with Gasteiger partial charge in [-0.3, -0.25) is 15.1 Å². The molecule has 0 aromatic heterocycles. The maximum absolute atomic E-state index is 11.6. The van der Waals surface area contributed by atoms with Crippen molar-refractivity contribution in [3.8, 4) is 0 Å². The van der Waals surface area contributed by atoms with Crippen LogP contribution in [0.2, 0.25) is 0 Å². The lowest BCUT2D eigenvalue weighted by Gasteiger charge is -2.21. The zero-order valence-electron chi connectivity index (χ0n) is 11.0. The van der Waals surface area contributed by atoms with Crippen molar-refractivity contribution >= 4 is 5.91 Å². The molecule has 5 heteroatoms. The number of benzene rings is 1.